The summed E-state index contributed by atoms with van der Waals surface area (Å²) < 4.78 is 26.1. The first-order valence-electron chi connectivity index (χ1n) is 6.07. The van der Waals surface area contributed by atoms with Crippen molar-refractivity contribution in [2.45, 2.75) is 4.90 Å². The molecular weight excluding hydrogens is 349 g/mol. The Bertz CT molecular complexity index is 794. The van der Waals surface area contributed by atoms with Crippen molar-refractivity contribution >= 4 is 44.9 Å². The standard InChI is InChI=1S/C14H11Cl2NO4S/c15-11-7-4-8-12(14(11)16)17(9-13(18)19)22(20,21)10-5-2-1-3-6-10/h1-8H,9H2,(H,18,19). The molecule has 2 aromatic carbocycles. The van der Waals surface area contributed by atoms with Crippen LogP contribution in [0.4, 0.5) is 5.69 Å². The molecule has 22 heavy (non-hydrogen) atoms. The molecule has 0 spiro atoms. The quantitative estimate of drug-likeness (QED) is 0.888. The van der Waals surface area contributed by atoms with Gasteiger partial charge in [-0.15, -0.1) is 0 Å². The number of nitrogens with zero attached hydrogens (tertiary/aromatic N) is 1. The van der Waals surface area contributed by atoms with E-state index in [4.69, 9.17) is 28.3 Å². The van der Waals surface area contributed by atoms with Crippen molar-refractivity contribution in [3.05, 3.63) is 58.6 Å². The van der Waals surface area contributed by atoms with Gasteiger partial charge in [-0.3, -0.25) is 9.10 Å². The molecule has 8 heteroatoms. The molecule has 5 nitrogen and oxygen atoms in total. The highest BCUT2D eigenvalue weighted by atomic mass is 35.5. The van der Waals surface area contributed by atoms with Gasteiger partial charge >= 0.3 is 5.97 Å². The minimum Gasteiger partial charge on any atom is -0.480 e. The molecule has 0 heterocycles. The van der Waals surface area contributed by atoms with Crippen LogP contribution in [0.5, 0.6) is 0 Å². The predicted molar refractivity (Wildman–Crippen MR) is 85.1 cm³/mol. The molecule has 0 atom stereocenters. The molecule has 0 aromatic heterocycles. The average Bonchev–Trinajstić information content (AvgIpc) is 2.48. The molecule has 2 aromatic rings. The first-order chi connectivity index (χ1) is 10.3. The number of carboxylic acid groups (broad SMARTS) is 1. The molecule has 0 fully saturated rings. The molecule has 0 aliphatic carbocycles. The summed E-state index contributed by atoms with van der Waals surface area (Å²) in [6.07, 6.45) is 0. The van der Waals surface area contributed by atoms with E-state index in [-0.39, 0.29) is 20.6 Å². The van der Waals surface area contributed by atoms with E-state index in [0.717, 1.165) is 4.31 Å². The van der Waals surface area contributed by atoms with E-state index in [9.17, 15) is 13.2 Å². The van der Waals surface area contributed by atoms with E-state index >= 15 is 0 Å². The number of aliphatic carboxylic acids is 1. The van der Waals surface area contributed by atoms with E-state index in [0.29, 0.717) is 0 Å². The minimum absolute atomic E-state index is 0.0143. The smallest absolute Gasteiger partial charge is 0.324 e. The van der Waals surface area contributed by atoms with Crippen LogP contribution in [-0.4, -0.2) is 26.0 Å². The summed E-state index contributed by atoms with van der Waals surface area (Å²) in [7, 11) is -4.08. The summed E-state index contributed by atoms with van der Waals surface area (Å²) in [4.78, 5) is 11.0. The molecule has 0 bridgehead atoms. The van der Waals surface area contributed by atoms with E-state index in [1.165, 1.54) is 30.3 Å². The van der Waals surface area contributed by atoms with Crippen LogP contribution in [0.2, 0.25) is 10.0 Å². The number of hydrogen-bond acceptors (Lipinski definition) is 3. The second kappa shape index (κ2) is 6.56. The van der Waals surface area contributed by atoms with E-state index in [2.05, 4.69) is 0 Å². The zero-order valence-corrected chi connectivity index (χ0v) is 13.4. The van der Waals surface area contributed by atoms with Crippen LogP contribution in [-0.2, 0) is 14.8 Å². The van der Waals surface area contributed by atoms with Crippen molar-refractivity contribution in [3.63, 3.8) is 0 Å². The Kier molecular flexibility index (Phi) is 4.95. The highest BCUT2D eigenvalue weighted by molar-refractivity contribution is 7.92. The molecule has 0 saturated carbocycles. The average molecular weight is 360 g/mol. The van der Waals surface area contributed by atoms with Gasteiger partial charge in [-0.25, -0.2) is 8.42 Å². The lowest BCUT2D eigenvalue weighted by Gasteiger charge is -2.24. The molecule has 0 radical (unpaired) electrons. The maximum absolute atomic E-state index is 12.7. The van der Waals surface area contributed by atoms with Gasteiger partial charge in [0, 0.05) is 0 Å². The van der Waals surface area contributed by atoms with Crippen LogP contribution in [0.15, 0.2) is 53.4 Å². The topological polar surface area (TPSA) is 74.7 Å². The predicted octanol–water partition coefficient (Wildman–Crippen LogP) is 3.27. The normalized spacial score (nSPS) is 11.2. The largest absolute Gasteiger partial charge is 0.480 e. The Hall–Kier alpha value is -1.76. The third-order valence-corrected chi connectivity index (χ3v) is 5.39. The Morgan fingerprint density at radius 3 is 2.27 bits per heavy atom. The van der Waals surface area contributed by atoms with E-state index in [1.54, 1.807) is 18.2 Å². The lowest BCUT2D eigenvalue weighted by Crippen LogP contribution is -2.36. The molecular formula is C14H11Cl2NO4S. The monoisotopic (exact) mass is 359 g/mol. The van der Waals surface area contributed by atoms with Crippen LogP contribution in [0.3, 0.4) is 0 Å². The second-order valence-electron chi connectivity index (χ2n) is 4.29. The number of benzene rings is 2. The highest BCUT2D eigenvalue weighted by Crippen LogP contribution is 2.35. The fourth-order valence-electron chi connectivity index (χ4n) is 1.83. The highest BCUT2D eigenvalue weighted by Gasteiger charge is 2.28. The summed E-state index contributed by atoms with van der Waals surface area (Å²) in [5.74, 6) is -1.31. The number of rotatable bonds is 5. The number of anilines is 1. The van der Waals surface area contributed by atoms with Crippen molar-refractivity contribution in [3.8, 4) is 0 Å². The van der Waals surface area contributed by atoms with Gasteiger partial charge in [-0.1, -0.05) is 47.5 Å². The molecule has 1 N–H and O–H groups in total. The summed E-state index contributed by atoms with van der Waals surface area (Å²) in [5.41, 5.74) is 0.0143. The van der Waals surface area contributed by atoms with Crippen molar-refractivity contribution in [2.24, 2.45) is 0 Å². The fourth-order valence-corrected chi connectivity index (χ4v) is 3.72. The summed E-state index contributed by atoms with van der Waals surface area (Å²) >= 11 is 11.9. The van der Waals surface area contributed by atoms with Crippen molar-refractivity contribution in [1.82, 2.24) is 0 Å². The van der Waals surface area contributed by atoms with Crippen molar-refractivity contribution in [1.29, 1.82) is 0 Å². The minimum atomic E-state index is -4.08. The number of carbonyl (C=O) groups is 1. The van der Waals surface area contributed by atoms with Gasteiger partial charge in [0.25, 0.3) is 10.0 Å². The maximum Gasteiger partial charge on any atom is 0.324 e. The summed E-state index contributed by atoms with van der Waals surface area (Å²) in [6, 6.07) is 11.9. The van der Waals surface area contributed by atoms with Crippen molar-refractivity contribution in [2.75, 3.05) is 10.8 Å². The van der Waals surface area contributed by atoms with Crippen LogP contribution in [0.1, 0.15) is 0 Å². The van der Waals surface area contributed by atoms with Gasteiger partial charge in [0.1, 0.15) is 6.54 Å². The molecule has 0 saturated heterocycles. The second-order valence-corrected chi connectivity index (χ2v) is 6.94. The van der Waals surface area contributed by atoms with Gasteiger partial charge < -0.3 is 5.11 Å². The number of sulfonamides is 1. The summed E-state index contributed by atoms with van der Waals surface area (Å²) in [6.45, 7) is -0.767. The molecule has 116 valence electrons. The van der Waals surface area contributed by atoms with Gasteiger partial charge in [-0.2, -0.15) is 0 Å². The Balaban J connectivity index is 2.61. The third-order valence-electron chi connectivity index (χ3n) is 2.81. The number of halogens is 2. The zero-order valence-electron chi connectivity index (χ0n) is 11.1. The molecule has 0 aliphatic heterocycles. The van der Waals surface area contributed by atoms with Gasteiger partial charge in [0.2, 0.25) is 0 Å². The lowest BCUT2D eigenvalue weighted by atomic mass is 10.3. The van der Waals surface area contributed by atoms with Gasteiger partial charge in [0.05, 0.1) is 20.6 Å². The fraction of sp³-hybridized carbons (Fsp3) is 0.0714. The Labute approximate surface area is 137 Å². The lowest BCUT2D eigenvalue weighted by molar-refractivity contribution is -0.135. The molecule has 0 unspecified atom stereocenters. The molecule has 2 rings (SSSR count). The van der Waals surface area contributed by atoms with E-state index in [1.807, 2.05) is 0 Å². The van der Waals surface area contributed by atoms with Gasteiger partial charge in [-0.05, 0) is 24.3 Å². The number of carboxylic acids is 1. The Morgan fingerprint density at radius 1 is 1.05 bits per heavy atom. The first kappa shape index (κ1) is 16.6. The Morgan fingerprint density at radius 2 is 1.68 bits per heavy atom. The first-order valence-corrected chi connectivity index (χ1v) is 8.27. The van der Waals surface area contributed by atoms with Crippen LogP contribution < -0.4 is 4.31 Å². The third kappa shape index (κ3) is 3.35. The van der Waals surface area contributed by atoms with Gasteiger partial charge in [0.15, 0.2) is 0 Å². The summed E-state index contributed by atoms with van der Waals surface area (Å²) in [5, 5.41) is 9.15. The van der Waals surface area contributed by atoms with Crippen LogP contribution in [0.25, 0.3) is 0 Å². The molecule has 0 aliphatic rings. The number of hydrogen-bond donors (Lipinski definition) is 1. The maximum atomic E-state index is 12.7. The van der Waals surface area contributed by atoms with Crippen molar-refractivity contribution < 1.29 is 18.3 Å². The SMILES string of the molecule is O=C(O)CN(c1cccc(Cl)c1Cl)S(=O)(=O)c1ccccc1. The van der Waals surface area contributed by atoms with Crippen LogP contribution >= 0.6 is 23.2 Å². The van der Waals surface area contributed by atoms with Crippen LogP contribution in [0, 0.1) is 0 Å². The molecule has 0 amide bonds. The van der Waals surface area contributed by atoms with E-state index < -0.39 is 22.5 Å². The zero-order chi connectivity index (χ0) is 16.3.